The smallest absolute Gasteiger partial charge is 0.321 e. The Kier molecular flexibility index (Phi) is 10.1. The SMILES string of the molecule is O=C(OCc1ccccc1)C(C(=O)OCc1ccccc1)C(/C=C/c1ccc(Br)cc1)c1ccc(Br)cc1. The highest BCUT2D eigenvalue weighted by molar-refractivity contribution is 9.10. The van der Waals surface area contributed by atoms with Crippen LogP contribution in [0.15, 0.2) is 124 Å². The molecule has 1 unspecified atom stereocenters. The van der Waals surface area contributed by atoms with Crippen LogP contribution in [0.3, 0.4) is 0 Å². The van der Waals surface area contributed by atoms with Gasteiger partial charge in [0.25, 0.3) is 0 Å². The van der Waals surface area contributed by atoms with Gasteiger partial charge in [-0.15, -0.1) is 0 Å². The maximum absolute atomic E-state index is 13.5. The predicted molar refractivity (Wildman–Crippen MR) is 156 cm³/mol. The molecule has 1 atom stereocenters. The first kappa shape index (κ1) is 27.6. The third-order valence-corrected chi connectivity index (χ3v) is 6.99. The van der Waals surface area contributed by atoms with Crippen LogP contribution in [-0.4, -0.2) is 11.9 Å². The van der Waals surface area contributed by atoms with Gasteiger partial charge in [-0.1, -0.05) is 129 Å². The zero-order chi connectivity index (χ0) is 26.7. The normalized spacial score (nSPS) is 11.9. The van der Waals surface area contributed by atoms with Crippen molar-refractivity contribution in [3.8, 4) is 0 Å². The molecule has 0 saturated carbocycles. The van der Waals surface area contributed by atoms with Crippen molar-refractivity contribution < 1.29 is 19.1 Å². The van der Waals surface area contributed by atoms with Crippen molar-refractivity contribution >= 4 is 49.9 Å². The fourth-order valence-electron chi connectivity index (χ4n) is 3.91. The van der Waals surface area contributed by atoms with E-state index in [2.05, 4.69) is 31.9 Å². The van der Waals surface area contributed by atoms with Gasteiger partial charge in [0.2, 0.25) is 0 Å². The molecule has 0 radical (unpaired) electrons. The number of esters is 2. The summed E-state index contributed by atoms with van der Waals surface area (Å²) < 4.78 is 13.2. The van der Waals surface area contributed by atoms with Crippen LogP contribution in [0.2, 0.25) is 0 Å². The van der Waals surface area contributed by atoms with Gasteiger partial charge >= 0.3 is 11.9 Å². The zero-order valence-electron chi connectivity index (χ0n) is 20.5. The summed E-state index contributed by atoms with van der Waals surface area (Å²) in [6.07, 6.45) is 3.77. The average Bonchev–Trinajstić information content (AvgIpc) is 2.95. The Morgan fingerprint density at radius 1 is 0.632 bits per heavy atom. The van der Waals surface area contributed by atoms with E-state index in [4.69, 9.17) is 9.47 Å². The molecule has 6 heteroatoms. The molecule has 4 aromatic rings. The van der Waals surface area contributed by atoms with Crippen molar-refractivity contribution in [3.05, 3.63) is 146 Å². The summed E-state index contributed by atoms with van der Waals surface area (Å²) in [5, 5.41) is 0. The van der Waals surface area contributed by atoms with Crippen LogP contribution >= 0.6 is 31.9 Å². The lowest BCUT2D eigenvalue weighted by Gasteiger charge is -2.23. The van der Waals surface area contributed by atoms with Crippen LogP contribution in [0.1, 0.15) is 28.2 Å². The number of ether oxygens (including phenoxy) is 2. The molecule has 0 saturated heterocycles. The molecular weight excluding hydrogens is 608 g/mol. The maximum Gasteiger partial charge on any atom is 0.321 e. The summed E-state index contributed by atoms with van der Waals surface area (Å²) in [5.41, 5.74) is 3.40. The second-order valence-electron chi connectivity index (χ2n) is 8.65. The lowest BCUT2D eigenvalue weighted by Crippen LogP contribution is -2.32. The van der Waals surface area contributed by atoms with Gasteiger partial charge in [0.15, 0.2) is 5.92 Å². The van der Waals surface area contributed by atoms with Gasteiger partial charge in [0.1, 0.15) is 13.2 Å². The van der Waals surface area contributed by atoms with Crippen LogP contribution in [0.5, 0.6) is 0 Å². The molecule has 192 valence electrons. The number of carbonyl (C=O) groups is 2. The second-order valence-corrected chi connectivity index (χ2v) is 10.5. The summed E-state index contributed by atoms with van der Waals surface area (Å²) in [4.78, 5) is 27.1. The molecule has 38 heavy (non-hydrogen) atoms. The number of halogens is 2. The summed E-state index contributed by atoms with van der Waals surface area (Å²) in [6.45, 7) is 0.122. The Hall–Kier alpha value is -3.48. The van der Waals surface area contributed by atoms with Gasteiger partial charge in [-0.2, -0.15) is 0 Å². The van der Waals surface area contributed by atoms with Gasteiger partial charge in [-0.3, -0.25) is 9.59 Å². The van der Waals surface area contributed by atoms with E-state index < -0.39 is 23.8 Å². The standard InChI is InChI=1S/C32H26Br2O4/c33-27-16-11-23(12-17-27)13-20-29(26-14-18-28(34)19-15-26)30(31(35)37-21-24-7-3-1-4-8-24)32(36)38-22-25-9-5-2-6-10-25/h1-20,29-30H,21-22H2/b20-13+. The molecule has 0 aliphatic carbocycles. The van der Waals surface area contributed by atoms with Gasteiger partial charge in [-0.05, 0) is 46.5 Å². The lowest BCUT2D eigenvalue weighted by molar-refractivity contribution is -0.164. The van der Waals surface area contributed by atoms with Crippen LogP contribution < -0.4 is 0 Å². The molecule has 4 aromatic carbocycles. The van der Waals surface area contributed by atoms with Gasteiger partial charge in [0, 0.05) is 14.9 Å². The molecule has 0 fully saturated rings. The van der Waals surface area contributed by atoms with E-state index in [0.29, 0.717) is 0 Å². The topological polar surface area (TPSA) is 52.6 Å². The van der Waals surface area contributed by atoms with Gasteiger partial charge < -0.3 is 9.47 Å². The number of allylic oxidation sites excluding steroid dienone is 1. The molecular formula is C32H26Br2O4. The Balaban J connectivity index is 1.66. The van der Waals surface area contributed by atoms with E-state index in [9.17, 15) is 9.59 Å². The van der Waals surface area contributed by atoms with E-state index in [1.807, 2.05) is 121 Å². The van der Waals surface area contributed by atoms with Crippen molar-refractivity contribution in [2.24, 2.45) is 5.92 Å². The summed E-state index contributed by atoms with van der Waals surface area (Å²) in [5.74, 6) is -3.09. The molecule has 0 bridgehead atoms. The number of benzene rings is 4. The van der Waals surface area contributed by atoms with E-state index in [0.717, 1.165) is 31.2 Å². The van der Waals surface area contributed by atoms with Crippen molar-refractivity contribution in [2.45, 2.75) is 19.1 Å². The molecule has 4 rings (SSSR count). The van der Waals surface area contributed by atoms with Crippen LogP contribution in [0.4, 0.5) is 0 Å². The maximum atomic E-state index is 13.5. The Bertz CT molecular complexity index is 1300. The first-order valence-electron chi connectivity index (χ1n) is 12.1. The molecule has 0 aromatic heterocycles. The molecule has 0 heterocycles. The van der Waals surface area contributed by atoms with E-state index in [1.165, 1.54) is 0 Å². The first-order valence-corrected chi connectivity index (χ1v) is 13.7. The minimum Gasteiger partial charge on any atom is -0.460 e. The fourth-order valence-corrected chi connectivity index (χ4v) is 4.44. The van der Waals surface area contributed by atoms with Crippen LogP contribution in [-0.2, 0) is 32.3 Å². The summed E-state index contributed by atoms with van der Waals surface area (Å²) >= 11 is 6.92. The monoisotopic (exact) mass is 632 g/mol. The van der Waals surface area contributed by atoms with Crippen LogP contribution in [0.25, 0.3) is 6.08 Å². The number of hydrogen-bond acceptors (Lipinski definition) is 4. The quantitative estimate of drug-likeness (QED) is 0.131. The molecule has 0 spiro atoms. The minimum atomic E-state index is -1.20. The van der Waals surface area contributed by atoms with E-state index in [1.54, 1.807) is 0 Å². The Morgan fingerprint density at radius 3 is 1.55 bits per heavy atom. The highest BCUT2D eigenvalue weighted by Gasteiger charge is 2.37. The highest BCUT2D eigenvalue weighted by Crippen LogP contribution is 2.31. The summed E-state index contributed by atoms with van der Waals surface area (Å²) in [6, 6.07) is 34.1. The largest absolute Gasteiger partial charge is 0.460 e. The molecule has 0 N–H and O–H groups in total. The van der Waals surface area contributed by atoms with Crippen LogP contribution in [0, 0.1) is 5.92 Å². The predicted octanol–water partition coefficient (Wildman–Crippen LogP) is 8.11. The second kappa shape index (κ2) is 13.9. The van der Waals surface area contributed by atoms with Gasteiger partial charge in [0.05, 0.1) is 0 Å². The molecule has 0 aliphatic heterocycles. The van der Waals surface area contributed by atoms with Crippen molar-refractivity contribution in [1.29, 1.82) is 0 Å². The molecule has 0 amide bonds. The van der Waals surface area contributed by atoms with Crippen molar-refractivity contribution in [3.63, 3.8) is 0 Å². The summed E-state index contributed by atoms with van der Waals surface area (Å²) in [7, 11) is 0. The average molecular weight is 634 g/mol. The van der Waals surface area contributed by atoms with Crippen molar-refractivity contribution in [1.82, 2.24) is 0 Å². The fraction of sp³-hybridized carbons (Fsp3) is 0.125. The van der Waals surface area contributed by atoms with Gasteiger partial charge in [-0.25, -0.2) is 0 Å². The number of hydrogen-bond donors (Lipinski definition) is 0. The third kappa shape index (κ3) is 8.01. The molecule has 4 nitrogen and oxygen atoms in total. The lowest BCUT2D eigenvalue weighted by atomic mass is 9.85. The third-order valence-electron chi connectivity index (χ3n) is 5.94. The Labute approximate surface area is 239 Å². The highest BCUT2D eigenvalue weighted by atomic mass is 79.9. The zero-order valence-corrected chi connectivity index (χ0v) is 23.7. The minimum absolute atomic E-state index is 0.0611. The first-order chi connectivity index (χ1) is 18.5. The van der Waals surface area contributed by atoms with E-state index in [-0.39, 0.29) is 13.2 Å². The van der Waals surface area contributed by atoms with E-state index >= 15 is 0 Å². The number of rotatable bonds is 10. The molecule has 0 aliphatic rings. The van der Waals surface area contributed by atoms with Crippen molar-refractivity contribution in [2.75, 3.05) is 0 Å². The number of carbonyl (C=O) groups excluding carboxylic acids is 2. The Morgan fingerprint density at radius 2 is 1.08 bits per heavy atom.